The fraction of sp³-hybridized carbons (Fsp3) is 0.526. The first kappa shape index (κ1) is 18.2. The zero-order valence-corrected chi connectivity index (χ0v) is 16.0. The van der Waals surface area contributed by atoms with Gasteiger partial charge in [-0.3, -0.25) is 14.3 Å². The third kappa shape index (κ3) is 3.51. The second-order valence-electron chi connectivity index (χ2n) is 7.24. The molecule has 0 spiro atoms. The van der Waals surface area contributed by atoms with Crippen LogP contribution in [0, 0.1) is 11.8 Å². The SMILES string of the molecule is Cn1cc(C(=O)N2CCC([C@@H]3OCCC3C(=O)O)CC2)c(-c2cccs2)n1. The van der Waals surface area contributed by atoms with Gasteiger partial charge in [-0.05, 0) is 36.6 Å². The molecule has 2 aromatic rings. The molecule has 2 atom stereocenters. The van der Waals surface area contributed by atoms with Crippen LogP contribution in [0.3, 0.4) is 0 Å². The summed E-state index contributed by atoms with van der Waals surface area (Å²) in [6, 6.07) is 3.92. The quantitative estimate of drug-likeness (QED) is 0.868. The number of piperidine rings is 1. The first-order chi connectivity index (χ1) is 13.0. The normalized spacial score (nSPS) is 23.7. The third-order valence-corrected chi connectivity index (χ3v) is 6.43. The Balaban J connectivity index is 1.45. The molecule has 0 aliphatic carbocycles. The molecule has 27 heavy (non-hydrogen) atoms. The Morgan fingerprint density at radius 1 is 1.30 bits per heavy atom. The number of nitrogens with zero attached hydrogens (tertiary/aromatic N) is 3. The van der Waals surface area contributed by atoms with Gasteiger partial charge in [-0.1, -0.05) is 6.07 Å². The molecule has 2 aliphatic heterocycles. The van der Waals surface area contributed by atoms with E-state index < -0.39 is 11.9 Å². The van der Waals surface area contributed by atoms with Gasteiger partial charge >= 0.3 is 5.97 Å². The lowest BCUT2D eigenvalue weighted by atomic mass is 9.84. The molecule has 2 saturated heterocycles. The minimum Gasteiger partial charge on any atom is -0.481 e. The molecular formula is C19H23N3O4S. The standard InChI is InChI=1S/C19H23N3O4S/c1-21-11-14(16(20-21)15-3-2-10-27-15)18(23)22-7-4-12(5-8-22)17-13(19(24)25)6-9-26-17/h2-3,10-13,17H,4-9H2,1H3,(H,24,25)/t13?,17-/m0/s1. The lowest BCUT2D eigenvalue weighted by Crippen LogP contribution is -2.43. The Kier molecular flexibility index (Phi) is 5.01. The van der Waals surface area contributed by atoms with Crippen LogP contribution in [0.2, 0.25) is 0 Å². The number of carboxylic acid groups (broad SMARTS) is 1. The van der Waals surface area contributed by atoms with Gasteiger partial charge in [0.1, 0.15) is 5.69 Å². The van der Waals surface area contributed by atoms with Crippen molar-refractivity contribution >= 4 is 23.2 Å². The predicted molar refractivity (Wildman–Crippen MR) is 101 cm³/mol. The summed E-state index contributed by atoms with van der Waals surface area (Å²) in [7, 11) is 1.82. The summed E-state index contributed by atoms with van der Waals surface area (Å²) in [6.45, 7) is 1.75. The number of ether oxygens (including phenoxy) is 1. The molecule has 0 radical (unpaired) electrons. The average molecular weight is 389 g/mol. The van der Waals surface area contributed by atoms with Crippen molar-refractivity contribution < 1.29 is 19.4 Å². The fourth-order valence-electron chi connectivity index (χ4n) is 4.18. The summed E-state index contributed by atoms with van der Waals surface area (Å²) in [6.07, 6.45) is 3.69. The van der Waals surface area contributed by atoms with Gasteiger partial charge in [0.15, 0.2) is 0 Å². The summed E-state index contributed by atoms with van der Waals surface area (Å²) in [4.78, 5) is 27.3. The van der Waals surface area contributed by atoms with Crippen LogP contribution in [0.15, 0.2) is 23.7 Å². The number of rotatable bonds is 4. The van der Waals surface area contributed by atoms with Gasteiger partial charge in [-0.15, -0.1) is 11.3 Å². The Morgan fingerprint density at radius 3 is 2.74 bits per heavy atom. The Hall–Kier alpha value is -2.19. The Bertz CT molecular complexity index is 824. The monoisotopic (exact) mass is 389 g/mol. The topological polar surface area (TPSA) is 84.7 Å². The Labute approximate surface area is 161 Å². The second-order valence-corrected chi connectivity index (χ2v) is 8.19. The third-order valence-electron chi connectivity index (χ3n) is 5.56. The number of carbonyl (C=O) groups is 2. The summed E-state index contributed by atoms with van der Waals surface area (Å²) in [5.41, 5.74) is 1.35. The Morgan fingerprint density at radius 2 is 2.07 bits per heavy atom. The number of amides is 1. The number of likely N-dealkylation sites (tertiary alicyclic amines) is 1. The van der Waals surface area contributed by atoms with Crippen molar-refractivity contribution in [3.63, 3.8) is 0 Å². The summed E-state index contributed by atoms with van der Waals surface area (Å²) in [5.74, 6) is -0.997. The van der Waals surface area contributed by atoms with E-state index in [1.54, 1.807) is 22.2 Å². The number of hydrogen-bond donors (Lipinski definition) is 1. The van der Waals surface area contributed by atoms with Crippen LogP contribution in [-0.4, -0.2) is 57.5 Å². The molecule has 144 valence electrons. The van der Waals surface area contributed by atoms with E-state index in [2.05, 4.69) is 5.10 Å². The van der Waals surface area contributed by atoms with Crippen molar-refractivity contribution in [2.24, 2.45) is 18.9 Å². The molecule has 8 heteroatoms. The van der Waals surface area contributed by atoms with Crippen LogP contribution in [0.5, 0.6) is 0 Å². The maximum Gasteiger partial charge on any atom is 0.309 e. The smallest absolute Gasteiger partial charge is 0.309 e. The highest BCUT2D eigenvalue weighted by atomic mass is 32.1. The molecule has 1 unspecified atom stereocenters. The molecule has 0 bridgehead atoms. The highest BCUT2D eigenvalue weighted by Gasteiger charge is 2.41. The van der Waals surface area contributed by atoms with Crippen molar-refractivity contribution in [2.45, 2.75) is 25.4 Å². The largest absolute Gasteiger partial charge is 0.481 e. The maximum atomic E-state index is 13.1. The van der Waals surface area contributed by atoms with Gasteiger partial charge < -0.3 is 14.7 Å². The van der Waals surface area contributed by atoms with Gasteiger partial charge in [0.25, 0.3) is 5.91 Å². The molecule has 0 aromatic carbocycles. The maximum absolute atomic E-state index is 13.1. The number of thiophene rings is 1. The highest BCUT2D eigenvalue weighted by Crippen LogP contribution is 2.34. The molecule has 0 saturated carbocycles. The zero-order chi connectivity index (χ0) is 19.0. The number of carboxylic acids is 1. The first-order valence-electron chi connectivity index (χ1n) is 9.26. The number of aryl methyl sites for hydroxylation is 1. The van der Waals surface area contributed by atoms with E-state index in [9.17, 15) is 14.7 Å². The van der Waals surface area contributed by atoms with Crippen molar-refractivity contribution in [1.82, 2.24) is 14.7 Å². The first-order valence-corrected chi connectivity index (χ1v) is 10.1. The van der Waals surface area contributed by atoms with Crippen LogP contribution in [-0.2, 0) is 16.6 Å². The van der Waals surface area contributed by atoms with Crippen LogP contribution in [0.25, 0.3) is 10.6 Å². The van der Waals surface area contributed by atoms with Crippen molar-refractivity contribution in [3.05, 3.63) is 29.3 Å². The number of aromatic nitrogens is 2. The summed E-state index contributed by atoms with van der Waals surface area (Å²) >= 11 is 1.57. The number of carbonyl (C=O) groups excluding carboxylic acids is 1. The van der Waals surface area contributed by atoms with Crippen LogP contribution in [0.1, 0.15) is 29.6 Å². The lowest BCUT2D eigenvalue weighted by molar-refractivity contribution is -0.145. The predicted octanol–water partition coefficient (Wildman–Crippen LogP) is 2.49. The molecule has 1 N–H and O–H groups in total. The van der Waals surface area contributed by atoms with Gasteiger partial charge in [-0.25, -0.2) is 0 Å². The molecule has 2 aliphatic rings. The van der Waals surface area contributed by atoms with E-state index in [1.807, 2.05) is 29.5 Å². The minimum atomic E-state index is -0.771. The fourth-order valence-corrected chi connectivity index (χ4v) is 4.91. The van der Waals surface area contributed by atoms with Gasteiger partial charge in [0, 0.05) is 32.9 Å². The van der Waals surface area contributed by atoms with Crippen LogP contribution < -0.4 is 0 Å². The number of aliphatic carboxylic acids is 1. The second kappa shape index (κ2) is 7.44. The van der Waals surface area contributed by atoms with Crippen molar-refractivity contribution in [2.75, 3.05) is 19.7 Å². The van der Waals surface area contributed by atoms with Gasteiger partial charge in [0.2, 0.25) is 0 Å². The van der Waals surface area contributed by atoms with Crippen LogP contribution in [0.4, 0.5) is 0 Å². The summed E-state index contributed by atoms with van der Waals surface area (Å²) < 4.78 is 7.40. The van der Waals surface area contributed by atoms with E-state index in [4.69, 9.17) is 4.74 Å². The van der Waals surface area contributed by atoms with E-state index >= 15 is 0 Å². The molecule has 2 fully saturated rings. The van der Waals surface area contributed by atoms with Crippen molar-refractivity contribution in [1.29, 1.82) is 0 Å². The van der Waals surface area contributed by atoms with E-state index in [-0.39, 0.29) is 17.9 Å². The van der Waals surface area contributed by atoms with Crippen LogP contribution >= 0.6 is 11.3 Å². The lowest BCUT2D eigenvalue weighted by Gasteiger charge is -2.35. The highest BCUT2D eigenvalue weighted by molar-refractivity contribution is 7.13. The number of hydrogen-bond acceptors (Lipinski definition) is 5. The average Bonchev–Trinajstić information content (AvgIpc) is 3.41. The van der Waals surface area contributed by atoms with E-state index in [1.165, 1.54) is 0 Å². The molecule has 2 aromatic heterocycles. The van der Waals surface area contributed by atoms with E-state index in [0.717, 1.165) is 23.4 Å². The molecular weight excluding hydrogens is 366 g/mol. The van der Waals surface area contributed by atoms with Gasteiger partial charge in [-0.2, -0.15) is 5.10 Å². The zero-order valence-electron chi connectivity index (χ0n) is 15.2. The molecule has 4 heterocycles. The molecule has 4 rings (SSSR count). The summed E-state index contributed by atoms with van der Waals surface area (Å²) in [5, 5.41) is 15.8. The van der Waals surface area contributed by atoms with Gasteiger partial charge in [0.05, 0.1) is 22.5 Å². The molecule has 7 nitrogen and oxygen atoms in total. The molecule has 1 amide bonds. The minimum absolute atomic E-state index is 0.00734. The van der Waals surface area contributed by atoms with E-state index in [0.29, 0.717) is 31.7 Å². The van der Waals surface area contributed by atoms with Crippen molar-refractivity contribution in [3.8, 4) is 10.6 Å².